The number of hydrogen-bond donors (Lipinski definition) is 3. The predicted octanol–water partition coefficient (Wildman–Crippen LogP) is 2.18. The van der Waals surface area contributed by atoms with E-state index in [0.717, 1.165) is 0 Å². The molecule has 1 aromatic carbocycles. The first-order valence-electron chi connectivity index (χ1n) is 5.66. The van der Waals surface area contributed by atoms with Gasteiger partial charge in [-0.2, -0.15) is 4.98 Å². The Morgan fingerprint density at radius 3 is 2.60 bits per heavy atom. The van der Waals surface area contributed by atoms with Crippen LogP contribution < -0.4 is 26.1 Å². The van der Waals surface area contributed by atoms with Crippen LogP contribution in [0, 0.1) is 0 Å². The lowest BCUT2D eigenvalue weighted by Crippen LogP contribution is -2.11. The van der Waals surface area contributed by atoms with Crippen LogP contribution in [0.1, 0.15) is 0 Å². The van der Waals surface area contributed by atoms with Crippen molar-refractivity contribution in [2.24, 2.45) is 5.84 Å². The minimum Gasteiger partial charge on any atom is -0.495 e. The highest BCUT2D eigenvalue weighted by molar-refractivity contribution is 6.32. The minimum atomic E-state index is 0.300. The van der Waals surface area contributed by atoms with Gasteiger partial charge in [0.1, 0.15) is 17.3 Å². The average Bonchev–Trinajstić information content (AvgIpc) is 2.48. The summed E-state index contributed by atoms with van der Waals surface area (Å²) in [6, 6.07) is 5.07. The van der Waals surface area contributed by atoms with Crippen LogP contribution in [-0.2, 0) is 0 Å². The van der Waals surface area contributed by atoms with Crippen molar-refractivity contribution in [2.45, 2.75) is 0 Å². The van der Waals surface area contributed by atoms with Crippen LogP contribution in [0.4, 0.5) is 17.5 Å². The van der Waals surface area contributed by atoms with E-state index in [1.807, 2.05) is 0 Å². The maximum Gasteiger partial charge on any atom is 0.239 e. The second-order valence-electron chi connectivity index (χ2n) is 3.72. The number of nitrogen functional groups attached to an aromatic ring is 1. The van der Waals surface area contributed by atoms with Gasteiger partial charge in [-0.3, -0.25) is 5.43 Å². The van der Waals surface area contributed by atoms with Crippen LogP contribution in [0.2, 0.25) is 5.02 Å². The van der Waals surface area contributed by atoms with Gasteiger partial charge >= 0.3 is 0 Å². The van der Waals surface area contributed by atoms with E-state index in [2.05, 4.69) is 20.7 Å². The first kappa shape index (κ1) is 14.2. The molecule has 7 nitrogen and oxygen atoms in total. The number of hydrogen-bond acceptors (Lipinski definition) is 7. The molecule has 0 unspecified atom stereocenters. The molecule has 0 aliphatic rings. The molecule has 0 bridgehead atoms. The summed E-state index contributed by atoms with van der Waals surface area (Å²) in [5.74, 6) is 7.22. The van der Waals surface area contributed by atoms with E-state index in [4.69, 9.17) is 26.9 Å². The van der Waals surface area contributed by atoms with Crippen LogP contribution in [-0.4, -0.2) is 24.2 Å². The van der Waals surface area contributed by atoms with Crippen molar-refractivity contribution < 1.29 is 9.47 Å². The maximum atomic E-state index is 6.10. The van der Waals surface area contributed by atoms with Crippen molar-refractivity contribution in [2.75, 3.05) is 25.0 Å². The van der Waals surface area contributed by atoms with Crippen LogP contribution in [0.3, 0.4) is 0 Å². The SMILES string of the molecule is COc1cc(OC)c(Nc2ccnc(NN)n2)cc1Cl. The number of benzene rings is 1. The maximum absolute atomic E-state index is 6.10. The highest BCUT2D eigenvalue weighted by Crippen LogP contribution is 2.37. The van der Waals surface area contributed by atoms with Crippen molar-refractivity contribution >= 4 is 29.1 Å². The van der Waals surface area contributed by atoms with E-state index in [0.29, 0.717) is 34.0 Å². The lowest BCUT2D eigenvalue weighted by molar-refractivity contribution is 0.396. The Hall–Kier alpha value is -2.25. The summed E-state index contributed by atoms with van der Waals surface area (Å²) < 4.78 is 10.4. The van der Waals surface area contributed by atoms with E-state index < -0.39 is 0 Å². The molecule has 8 heteroatoms. The van der Waals surface area contributed by atoms with Gasteiger partial charge in [0.2, 0.25) is 5.95 Å². The lowest BCUT2D eigenvalue weighted by Gasteiger charge is -2.13. The van der Waals surface area contributed by atoms with Gasteiger partial charge in [0.25, 0.3) is 0 Å². The largest absolute Gasteiger partial charge is 0.495 e. The Kier molecular flexibility index (Phi) is 4.44. The van der Waals surface area contributed by atoms with Crippen molar-refractivity contribution in [3.63, 3.8) is 0 Å². The molecule has 0 aliphatic carbocycles. The molecule has 0 fully saturated rings. The molecule has 0 saturated carbocycles. The molecule has 4 N–H and O–H groups in total. The molecule has 0 spiro atoms. The molecule has 20 heavy (non-hydrogen) atoms. The Bertz CT molecular complexity index is 608. The molecule has 0 saturated heterocycles. The molecule has 106 valence electrons. The van der Waals surface area contributed by atoms with Gasteiger partial charge in [-0.25, -0.2) is 10.8 Å². The van der Waals surface area contributed by atoms with Gasteiger partial charge in [-0.1, -0.05) is 11.6 Å². The quantitative estimate of drug-likeness (QED) is 0.575. The highest BCUT2D eigenvalue weighted by Gasteiger charge is 2.10. The lowest BCUT2D eigenvalue weighted by atomic mass is 10.2. The topological polar surface area (TPSA) is 94.3 Å². The summed E-state index contributed by atoms with van der Waals surface area (Å²) in [6.45, 7) is 0. The van der Waals surface area contributed by atoms with Crippen molar-refractivity contribution in [1.29, 1.82) is 0 Å². The smallest absolute Gasteiger partial charge is 0.239 e. The molecule has 2 aromatic rings. The first-order chi connectivity index (χ1) is 9.67. The van der Waals surface area contributed by atoms with E-state index in [9.17, 15) is 0 Å². The molecule has 0 atom stereocenters. The molecule has 2 rings (SSSR count). The Morgan fingerprint density at radius 1 is 1.20 bits per heavy atom. The summed E-state index contributed by atoms with van der Waals surface area (Å²) in [7, 11) is 3.10. The molecular weight excluding hydrogens is 282 g/mol. The average molecular weight is 296 g/mol. The van der Waals surface area contributed by atoms with Gasteiger partial charge < -0.3 is 14.8 Å². The third-order valence-corrected chi connectivity index (χ3v) is 2.82. The van der Waals surface area contributed by atoms with E-state index in [1.165, 1.54) is 7.11 Å². The van der Waals surface area contributed by atoms with Crippen LogP contribution in [0.15, 0.2) is 24.4 Å². The normalized spacial score (nSPS) is 10.0. The number of halogens is 1. The number of rotatable bonds is 5. The number of methoxy groups -OCH3 is 2. The third kappa shape index (κ3) is 3.01. The second-order valence-corrected chi connectivity index (χ2v) is 4.13. The first-order valence-corrected chi connectivity index (χ1v) is 6.04. The summed E-state index contributed by atoms with van der Waals surface area (Å²) in [4.78, 5) is 8.07. The minimum absolute atomic E-state index is 0.300. The Balaban J connectivity index is 2.34. The van der Waals surface area contributed by atoms with Crippen LogP contribution >= 0.6 is 11.6 Å². The molecule has 0 radical (unpaired) electrons. The zero-order valence-electron chi connectivity index (χ0n) is 11.0. The fourth-order valence-corrected chi connectivity index (χ4v) is 1.83. The standard InChI is InChI=1S/C12H14ClN5O2/c1-19-9-6-10(20-2)8(5-7(9)13)16-11-3-4-15-12(17-11)18-14/h3-6H,14H2,1-2H3,(H2,15,16,17,18). The molecule has 1 heterocycles. The fourth-order valence-electron chi connectivity index (χ4n) is 1.59. The predicted molar refractivity (Wildman–Crippen MR) is 77.7 cm³/mol. The van der Waals surface area contributed by atoms with Gasteiger partial charge in [-0.05, 0) is 12.1 Å². The number of aromatic nitrogens is 2. The summed E-state index contributed by atoms with van der Waals surface area (Å²) in [5.41, 5.74) is 3.02. The van der Waals surface area contributed by atoms with Gasteiger partial charge in [0.15, 0.2) is 0 Å². The number of nitrogens with one attached hydrogen (secondary N) is 2. The summed E-state index contributed by atoms with van der Waals surface area (Å²) >= 11 is 6.10. The van der Waals surface area contributed by atoms with Crippen LogP contribution in [0.5, 0.6) is 11.5 Å². The van der Waals surface area contributed by atoms with Gasteiger partial charge in [0.05, 0.1) is 24.9 Å². The third-order valence-electron chi connectivity index (χ3n) is 2.52. The molecular formula is C12H14ClN5O2. The molecule has 0 amide bonds. The van der Waals surface area contributed by atoms with Crippen molar-refractivity contribution in [1.82, 2.24) is 9.97 Å². The summed E-state index contributed by atoms with van der Waals surface area (Å²) in [6.07, 6.45) is 1.57. The number of ether oxygens (including phenoxy) is 2. The Labute approximate surface area is 121 Å². The van der Waals surface area contributed by atoms with Gasteiger partial charge in [0, 0.05) is 12.3 Å². The number of hydrazine groups is 1. The number of anilines is 3. The van der Waals surface area contributed by atoms with Crippen molar-refractivity contribution in [3.05, 3.63) is 29.4 Å². The zero-order valence-corrected chi connectivity index (χ0v) is 11.7. The van der Waals surface area contributed by atoms with Gasteiger partial charge in [-0.15, -0.1) is 0 Å². The fraction of sp³-hybridized carbons (Fsp3) is 0.167. The Morgan fingerprint density at radius 2 is 1.95 bits per heavy atom. The van der Waals surface area contributed by atoms with E-state index in [-0.39, 0.29) is 0 Å². The molecule has 1 aromatic heterocycles. The second kappa shape index (κ2) is 6.27. The molecule has 0 aliphatic heterocycles. The van der Waals surface area contributed by atoms with E-state index in [1.54, 1.807) is 31.5 Å². The van der Waals surface area contributed by atoms with E-state index >= 15 is 0 Å². The zero-order chi connectivity index (χ0) is 14.5. The summed E-state index contributed by atoms with van der Waals surface area (Å²) in [5, 5.41) is 3.54. The monoisotopic (exact) mass is 295 g/mol. The van der Waals surface area contributed by atoms with Crippen molar-refractivity contribution in [3.8, 4) is 11.5 Å². The number of nitrogens with two attached hydrogens (primary N) is 1. The number of nitrogens with zero attached hydrogens (tertiary/aromatic N) is 2. The van der Waals surface area contributed by atoms with Crippen LogP contribution in [0.25, 0.3) is 0 Å². The highest BCUT2D eigenvalue weighted by atomic mass is 35.5.